The summed E-state index contributed by atoms with van der Waals surface area (Å²) in [5, 5.41) is 4.15. The van der Waals surface area contributed by atoms with Gasteiger partial charge in [-0.15, -0.1) is 0 Å². The predicted molar refractivity (Wildman–Crippen MR) is 110 cm³/mol. The molecule has 0 saturated heterocycles. The molecule has 1 aliphatic carbocycles. The van der Waals surface area contributed by atoms with Gasteiger partial charge in [0.1, 0.15) is 0 Å². The molecule has 1 aromatic carbocycles. The molecule has 0 bridgehead atoms. The maximum absolute atomic E-state index is 12.9. The third-order valence-corrected chi connectivity index (χ3v) is 4.86. The van der Waals surface area contributed by atoms with Gasteiger partial charge in [-0.05, 0) is 30.4 Å². The first-order valence-electron chi connectivity index (χ1n) is 9.65. The van der Waals surface area contributed by atoms with Crippen molar-refractivity contribution in [2.45, 2.75) is 46.1 Å². The molecule has 1 N–H and O–H groups in total. The van der Waals surface area contributed by atoms with Crippen LogP contribution in [0.3, 0.4) is 0 Å². The number of carbonyl (C=O) groups is 1. The normalized spacial score (nSPS) is 13.7. The van der Waals surface area contributed by atoms with Crippen LogP contribution in [0.2, 0.25) is 0 Å². The van der Waals surface area contributed by atoms with Crippen LogP contribution in [0, 0.1) is 0 Å². The van der Waals surface area contributed by atoms with Gasteiger partial charge in [-0.3, -0.25) is 4.79 Å². The van der Waals surface area contributed by atoms with Gasteiger partial charge in [0.2, 0.25) is 0 Å². The van der Waals surface area contributed by atoms with Crippen molar-refractivity contribution in [3.63, 3.8) is 0 Å². The van der Waals surface area contributed by atoms with E-state index in [4.69, 9.17) is 0 Å². The number of rotatable bonds is 7. The largest absolute Gasteiger partial charge is 0.348 e. The fraction of sp³-hybridized carbons (Fsp3) is 0.348. The quantitative estimate of drug-likeness (QED) is 0.735. The summed E-state index contributed by atoms with van der Waals surface area (Å²) < 4.78 is 2.26. The molecule has 2 aromatic rings. The Kier molecular flexibility index (Phi) is 6.11. The summed E-state index contributed by atoms with van der Waals surface area (Å²) in [6.45, 7) is 5.87. The molecule has 0 unspecified atom stereocenters. The van der Waals surface area contributed by atoms with E-state index in [1.165, 1.54) is 11.1 Å². The molecular formula is C23H28N2O. The average Bonchev–Trinajstić information content (AvgIpc) is 2.85. The van der Waals surface area contributed by atoms with Crippen LogP contribution in [-0.2, 0) is 13.0 Å². The van der Waals surface area contributed by atoms with Crippen LogP contribution in [0.25, 0.3) is 10.9 Å². The van der Waals surface area contributed by atoms with Crippen molar-refractivity contribution in [3.05, 3.63) is 71.5 Å². The molecule has 0 fully saturated rings. The van der Waals surface area contributed by atoms with Crippen LogP contribution in [0.15, 0.2) is 60.3 Å². The number of para-hydroxylation sites is 1. The number of aromatic nitrogens is 1. The summed E-state index contributed by atoms with van der Waals surface area (Å²) in [7, 11) is 0. The van der Waals surface area contributed by atoms with Crippen LogP contribution in [0.1, 0.15) is 49.0 Å². The zero-order chi connectivity index (χ0) is 18.4. The molecule has 0 radical (unpaired) electrons. The molecule has 1 aromatic heterocycles. The highest BCUT2D eigenvalue weighted by atomic mass is 16.1. The minimum Gasteiger partial charge on any atom is -0.348 e. The Labute approximate surface area is 156 Å². The first-order valence-corrected chi connectivity index (χ1v) is 9.65. The first kappa shape index (κ1) is 18.2. The number of fused-ring (bicyclic) bond motifs is 1. The Morgan fingerprint density at radius 2 is 2.12 bits per heavy atom. The number of carbonyl (C=O) groups excluding carboxylic acids is 1. The number of nitrogens with zero attached hydrogens (tertiary/aromatic N) is 1. The summed E-state index contributed by atoms with van der Waals surface area (Å²) in [6.07, 6.45) is 16.6. The number of unbranched alkanes of at least 4 members (excludes halogenated alkanes) is 1. The molecule has 3 heteroatoms. The molecule has 0 saturated carbocycles. The van der Waals surface area contributed by atoms with Crippen molar-refractivity contribution in [2.24, 2.45) is 0 Å². The van der Waals surface area contributed by atoms with Gasteiger partial charge >= 0.3 is 0 Å². The monoisotopic (exact) mass is 348 g/mol. The predicted octanol–water partition coefficient (Wildman–Crippen LogP) is 5.18. The minimum atomic E-state index is 0.000952. The van der Waals surface area contributed by atoms with Crippen LogP contribution < -0.4 is 5.32 Å². The zero-order valence-electron chi connectivity index (χ0n) is 15.8. The standard InChI is InChI=1S/C23H28N2O/c1-3-5-15-25-17-21(20-14-10-13-19(4-2)22(20)25)23(26)24-16-18-11-8-6-7-9-12-18/h6,8-14,17H,3-5,7,15-16H2,1-2H3,(H,24,26). The third kappa shape index (κ3) is 3.98. The Hall–Kier alpha value is -2.55. The smallest absolute Gasteiger partial charge is 0.253 e. The van der Waals surface area contributed by atoms with E-state index in [2.05, 4.69) is 66.2 Å². The molecule has 1 aliphatic rings. The fourth-order valence-electron chi connectivity index (χ4n) is 3.43. The number of aryl methyl sites for hydroxylation is 2. The van der Waals surface area contributed by atoms with Crippen molar-refractivity contribution >= 4 is 16.8 Å². The molecule has 3 rings (SSSR count). The van der Waals surface area contributed by atoms with E-state index in [9.17, 15) is 4.79 Å². The maximum atomic E-state index is 12.9. The Morgan fingerprint density at radius 3 is 2.92 bits per heavy atom. The lowest BCUT2D eigenvalue weighted by Gasteiger charge is -2.07. The maximum Gasteiger partial charge on any atom is 0.253 e. The highest BCUT2D eigenvalue weighted by Gasteiger charge is 2.16. The summed E-state index contributed by atoms with van der Waals surface area (Å²) in [5.41, 5.74) is 4.42. The van der Waals surface area contributed by atoms with Crippen molar-refractivity contribution in [2.75, 3.05) is 6.54 Å². The molecule has 1 heterocycles. The van der Waals surface area contributed by atoms with Crippen molar-refractivity contribution in [1.29, 1.82) is 0 Å². The van der Waals surface area contributed by atoms with Gasteiger partial charge in [-0.1, -0.05) is 68.8 Å². The third-order valence-electron chi connectivity index (χ3n) is 4.86. The summed E-state index contributed by atoms with van der Waals surface area (Å²) >= 11 is 0. The summed E-state index contributed by atoms with van der Waals surface area (Å²) in [5.74, 6) is 0.000952. The van der Waals surface area contributed by atoms with Gasteiger partial charge in [-0.25, -0.2) is 0 Å². The number of hydrogen-bond donors (Lipinski definition) is 1. The van der Waals surface area contributed by atoms with Crippen molar-refractivity contribution in [1.82, 2.24) is 9.88 Å². The summed E-state index contributed by atoms with van der Waals surface area (Å²) in [6, 6.07) is 6.29. The van der Waals surface area contributed by atoms with Gasteiger partial charge in [-0.2, -0.15) is 0 Å². The average molecular weight is 348 g/mol. The molecule has 0 atom stereocenters. The van der Waals surface area contributed by atoms with Crippen LogP contribution >= 0.6 is 0 Å². The highest BCUT2D eigenvalue weighted by Crippen LogP contribution is 2.26. The van der Waals surface area contributed by atoms with E-state index in [-0.39, 0.29) is 5.91 Å². The molecule has 0 aliphatic heterocycles. The molecule has 0 spiro atoms. The van der Waals surface area contributed by atoms with Crippen LogP contribution in [-0.4, -0.2) is 17.0 Å². The van der Waals surface area contributed by atoms with Gasteiger partial charge in [0.05, 0.1) is 11.1 Å². The number of allylic oxidation sites excluding steroid dienone is 4. The Balaban J connectivity index is 1.87. The van der Waals surface area contributed by atoms with E-state index >= 15 is 0 Å². The van der Waals surface area contributed by atoms with Gasteiger partial charge in [0, 0.05) is 24.7 Å². The lowest BCUT2D eigenvalue weighted by atomic mass is 10.1. The molecule has 136 valence electrons. The Bertz CT molecular complexity index is 868. The molecular weight excluding hydrogens is 320 g/mol. The second-order valence-corrected chi connectivity index (χ2v) is 6.75. The van der Waals surface area contributed by atoms with Gasteiger partial charge in [0.15, 0.2) is 0 Å². The number of amides is 1. The second kappa shape index (κ2) is 8.70. The molecule has 3 nitrogen and oxygen atoms in total. The topological polar surface area (TPSA) is 34.0 Å². The lowest BCUT2D eigenvalue weighted by molar-refractivity contribution is 0.0958. The van der Waals surface area contributed by atoms with E-state index in [1.54, 1.807) is 0 Å². The number of hydrogen-bond acceptors (Lipinski definition) is 1. The van der Waals surface area contributed by atoms with E-state index in [1.807, 2.05) is 12.3 Å². The SMILES string of the molecule is CCCCn1cc(C(=O)NCC2=CC=CCC=C2)c2cccc(CC)c21. The first-order chi connectivity index (χ1) is 12.7. The molecule has 26 heavy (non-hydrogen) atoms. The Morgan fingerprint density at radius 1 is 1.23 bits per heavy atom. The highest BCUT2D eigenvalue weighted by molar-refractivity contribution is 6.07. The fourth-order valence-corrected chi connectivity index (χ4v) is 3.43. The number of benzene rings is 1. The second-order valence-electron chi connectivity index (χ2n) is 6.75. The van der Waals surface area contributed by atoms with Crippen LogP contribution in [0.5, 0.6) is 0 Å². The van der Waals surface area contributed by atoms with E-state index in [0.717, 1.165) is 48.8 Å². The van der Waals surface area contributed by atoms with Crippen molar-refractivity contribution < 1.29 is 4.79 Å². The van der Waals surface area contributed by atoms with Crippen LogP contribution in [0.4, 0.5) is 0 Å². The van der Waals surface area contributed by atoms with E-state index in [0.29, 0.717) is 6.54 Å². The minimum absolute atomic E-state index is 0.000952. The van der Waals surface area contributed by atoms with Gasteiger partial charge < -0.3 is 9.88 Å². The number of nitrogens with one attached hydrogen (secondary N) is 1. The summed E-state index contributed by atoms with van der Waals surface area (Å²) in [4.78, 5) is 12.9. The molecule has 1 amide bonds. The van der Waals surface area contributed by atoms with Gasteiger partial charge in [0.25, 0.3) is 5.91 Å². The lowest BCUT2D eigenvalue weighted by Crippen LogP contribution is -2.25. The van der Waals surface area contributed by atoms with Crippen molar-refractivity contribution in [3.8, 4) is 0 Å². The van der Waals surface area contributed by atoms with E-state index < -0.39 is 0 Å². The zero-order valence-corrected chi connectivity index (χ0v) is 15.8.